The maximum absolute atomic E-state index is 12.1. The molecule has 6 nitrogen and oxygen atoms in total. The first-order valence-electron chi connectivity index (χ1n) is 6.80. The summed E-state index contributed by atoms with van der Waals surface area (Å²) in [6.07, 6.45) is 5.95. The van der Waals surface area contributed by atoms with Crippen molar-refractivity contribution < 1.29 is 9.90 Å². The largest absolute Gasteiger partial charge is 0.388 e. The van der Waals surface area contributed by atoms with Crippen molar-refractivity contribution in [1.82, 2.24) is 20.3 Å². The molecule has 0 aliphatic heterocycles. The Labute approximate surface area is 127 Å². The van der Waals surface area contributed by atoms with Crippen LogP contribution in [-0.4, -0.2) is 38.1 Å². The van der Waals surface area contributed by atoms with Gasteiger partial charge in [0.25, 0.3) is 5.91 Å². The number of amides is 1. The molecule has 21 heavy (non-hydrogen) atoms. The highest BCUT2D eigenvalue weighted by molar-refractivity contribution is 7.13. The van der Waals surface area contributed by atoms with Crippen LogP contribution in [0.5, 0.6) is 0 Å². The van der Waals surface area contributed by atoms with E-state index in [-0.39, 0.29) is 12.5 Å². The van der Waals surface area contributed by atoms with E-state index in [0.29, 0.717) is 29.2 Å². The summed E-state index contributed by atoms with van der Waals surface area (Å²) in [6, 6.07) is 0. The van der Waals surface area contributed by atoms with Crippen LogP contribution < -0.4 is 5.32 Å². The van der Waals surface area contributed by atoms with Crippen LogP contribution in [0, 0.1) is 0 Å². The first-order valence-corrected chi connectivity index (χ1v) is 7.68. The number of nitrogens with zero attached hydrogens (tertiary/aromatic N) is 3. The predicted molar refractivity (Wildman–Crippen MR) is 81.0 cm³/mol. The first-order chi connectivity index (χ1) is 10.1. The van der Waals surface area contributed by atoms with Gasteiger partial charge in [0.2, 0.25) is 0 Å². The summed E-state index contributed by atoms with van der Waals surface area (Å²) in [6.45, 7) is 4.01. The van der Waals surface area contributed by atoms with Gasteiger partial charge in [-0.2, -0.15) is 0 Å². The molecular formula is C14H18N4O2S. The summed E-state index contributed by atoms with van der Waals surface area (Å²) in [4.78, 5) is 24.4. The van der Waals surface area contributed by atoms with E-state index in [9.17, 15) is 9.90 Å². The first kappa shape index (κ1) is 15.5. The lowest BCUT2D eigenvalue weighted by Gasteiger charge is -2.25. The van der Waals surface area contributed by atoms with Gasteiger partial charge in [0.1, 0.15) is 16.4 Å². The number of aromatic nitrogens is 3. The van der Waals surface area contributed by atoms with Gasteiger partial charge in [-0.05, 0) is 12.8 Å². The molecule has 0 spiro atoms. The van der Waals surface area contributed by atoms with Gasteiger partial charge >= 0.3 is 0 Å². The molecule has 0 aliphatic carbocycles. The fourth-order valence-corrected chi connectivity index (χ4v) is 2.50. The van der Waals surface area contributed by atoms with Crippen LogP contribution in [0.1, 0.15) is 37.2 Å². The lowest BCUT2D eigenvalue weighted by atomic mass is 9.97. The van der Waals surface area contributed by atoms with Crippen molar-refractivity contribution in [1.29, 1.82) is 0 Å². The Kier molecular flexibility index (Phi) is 4.98. The fraction of sp³-hybridized carbons (Fsp3) is 0.429. The van der Waals surface area contributed by atoms with Gasteiger partial charge in [-0.25, -0.2) is 4.98 Å². The van der Waals surface area contributed by atoms with Crippen LogP contribution in [0.2, 0.25) is 0 Å². The average Bonchev–Trinajstić information content (AvgIpc) is 3.03. The molecule has 0 atom stereocenters. The molecule has 2 rings (SSSR count). The second-order valence-electron chi connectivity index (χ2n) is 4.74. The van der Waals surface area contributed by atoms with E-state index >= 15 is 0 Å². The van der Waals surface area contributed by atoms with Crippen LogP contribution in [0.15, 0.2) is 24.0 Å². The minimum absolute atomic E-state index is 0.219. The highest BCUT2D eigenvalue weighted by atomic mass is 32.1. The van der Waals surface area contributed by atoms with E-state index in [2.05, 4.69) is 20.3 Å². The molecule has 0 saturated heterocycles. The van der Waals surface area contributed by atoms with E-state index in [1.165, 1.54) is 11.3 Å². The number of aliphatic hydroxyl groups is 1. The lowest BCUT2D eigenvalue weighted by Crippen LogP contribution is -2.42. The van der Waals surface area contributed by atoms with Gasteiger partial charge in [-0.15, -0.1) is 11.3 Å². The normalized spacial score (nSPS) is 11.4. The molecule has 0 fully saturated rings. The van der Waals surface area contributed by atoms with Crippen LogP contribution in [-0.2, 0) is 0 Å². The number of nitrogens with one attached hydrogen (secondary N) is 1. The van der Waals surface area contributed by atoms with Gasteiger partial charge in [0.05, 0.1) is 11.8 Å². The van der Waals surface area contributed by atoms with Gasteiger partial charge in [0.15, 0.2) is 0 Å². The van der Waals surface area contributed by atoms with Crippen molar-refractivity contribution in [3.8, 4) is 10.7 Å². The Morgan fingerprint density at radius 2 is 2.14 bits per heavy atom. The Morgan fingerprint density at radius 1 is 1.38 bits per heavy atom. The van der Waals surface area contributed by atoms with Crippen molar-refractivity contribution >= 4 is 17.2 Å². The van der Waals surface area contributed by atoms with E-state index in [1.807, 2.05) is 13.8 Å². The Hall–Kier alpha value is -1.86. The standard InChI is InChI=1S/C14H18N4O2S/c1-3-14(20,4-2)9-17-12(19)11-8-21-13(18-11)10-7-15-5-6-16-10/h5-8,20H,3-4,9H2,1-2H3,(H,17,19). The van der Waals surface area contributed by atoms with Crippen molar-refractivity contribution in [2.75, 3.05) is 6.54 Å². The third-order valence-electron chi connectivity index (χ3n) is 3.41. The monoisotopic (exact) mass is 306 g/mol. The van der Waals surface area contributed by atoms with E-state index in [0.717, 1.165) is 0 Å². The molecular weight excluding hydrogens is 288 g/mol. The van der Waals surface area contributed by atoms with E-state index in [4.69, 9.17) is 0 Å². The molecule has 0 aromatic carbocycles. The molecule has 0 unspecified atom stereocenters. The summed E-state index contributed by atoms with van der Waals surface area (Å²) >= 11 is 1.34. The molecule has 112 valence electrons. The third-order valence-corrected chi connectivity index (χ3v) is 4.28. The maximum atomic E-state index is 12.1. The molecule has 0 saturated carbocycles. The number of carbonyl (C=O) groups excluding carboxylic acids is 1. The number of rotatable bonds is 6. The predicted octanol–water partition coefficient (Wildman–Crippen LogP) is 1.88. The Balaban J connectivity index is 2.03. The van der Waals surface area contributed by atoms with Crippen molar-refractivity contribution in [2.24, 2.45) is 0 Å². The average molecular weight is 306 g/mol. The zero-order valence-electron chi connectivity index (χ0n) is 12.0. The quantitative estimate of drug-likeness (QED) is 0.850. The second-order valence-corrected chi connectivity index (χ2v) is 5.60. The van der Waals surface area contributed by atoms with Crippen LogP contribution >= 0.6 is 11.3 Å². The molecule has 2 aromatic heterocycles. The second kappa shape index (κ2) is 6.73. The van der Waals surface area contributed by atoms with Gasteiger partial charge < -0.3 is 10.4 Å². The highest BCUT2D eigenvalue weighted by Gasteiger charge is 2.23. The molecule has 0 aliphatic rings. The molecule has 2 N–H and O–H groups in total. The smallest absolute Gasteiger partial charge is 0.270 e. The molecule has 0 radical (unpaired) electrons. The van der Waals surface area contributed by atoms with Crippen LogP contribution in [0.3, 0.4) is 0 Å². The summed E-state index contributed by atoms with van der Waals surface area (Å²) in [5.41, 5.74) is 0.106. The van der Waals surface area contributed by atoms with Crippen molar-refractivity contribution in [3.05, 3.63) is 29.7 Å². The Morgan fingerprint density at radius 3 is 2.76 bits per heavy atom. The fourth-order valence-electron chi connectivity index (χ4n) is 1.74. The molecule has 0 bridgehead atoms. The third kappa shape index (κ3) is 3.83. The minimum atomic E-state index is -0.862. The maximum Gasteiger partial charge on any atom is 0.270 e. The highest BCUT2D eigenvalue weighted by Crippen LogP contribution is 2.21. The van der Waals surface area contributed by atoms with E-state index < -0.39 is 5.60 Å². The topological polar surface area (TPSA) is 88.0 Å². The number of thiazole rings is 1. The molecule has 2 heterocycles. The molecule has 1 amide bonds. The molecule has 2 aromatic rings. The summed E-state index contributed by atoms with van der Waals surface area (Å²) in [5.74, 6) is -0.290. The number of carbonyl (C=O) groups is 1. The number of hydrogen-bond acceptors (Lipinski definition) is 6. The zero-order valence-corrected chi connectivity index (χ0v) is 12.9. The van der Waals surface area contributed by atoms with Crippen LogP contribution in [0.4, 0.5) is 0 Å². The summed E-state index contributed by atoms with van der Waals surface area (Å²) in [5, 5.41) is 15.2. The minimum Gasteiger partial charge on any atom is -0.388 e. The van der Waals surface area contributed by atoms with Crippen molar-refractivity contribution in [3.63, 3.8) is 0 Å². The summed E-state index contributed by atoms with van der Waals surface area (Å²) < 4.78 is 0. The zero-order chi connectivity index (χ0) is 15.3. The van der Waals surface area contributed by atoms with Crippen molar-refractivity contribution in [2.45, 2.75) is 32.3 Å². The van der Waals surface area contributed by atoms with Gasteiger partial charge in [0, 0.05) is 24.3 Å². The summed E-state index contributed by atoms with van der Waals surface area (Å²) in [7, 11) is 0. The van der Waals surface area contributed by atoms with E-state index in [1.54, 1.807) is 24.0 Å². The van der Waals surface area contributed by atoms with Crippen LogP contribution in [0.25, 0.3) is 10.7 Å². The molecule has 7 heteroatoms. The van der Waals surface area contributed by atoms with Gasteiger partial charge in [-0.3, -0.25) is 14.8 Å². The lowest BCUT2D eigenvalue weighted by molar-refractivity contribution is 0.0313. The Bertz CT molecular complexity index is 596. The van der Waals surface area contributed by atoms with Gasteiger partial charge in [-0.1, -0.05) is 13.8 Å². The number of hydrogen-bond donors (Lipinski definition) is 2. The SMILES string of the molecule is CCC(O)(CC)CNC(=O)c1csc(-c2cnccn2)n1.